The number of benzene rings is 2. The molecule has 0 radical (unpaired) electrons. The Balaban J connectivity index is 0.983. The summed E-state index contributed by atoms with van der Waals surface area (Å²) in [7, 11) is 1.67. The average molecular weight is 987 g/mol. The molecule has 1 aromatic heterocycles. The molecule has 3 saturated heterocycles. The first-order valence-corrected chi connectivity index (χ1v) is 24.9. The van der Waals surface area contributed by atoms with Gasteiger partial charge in [0.05, 0.1) is 17.6 Å². The third-order valence-electron chi connectivity index (χ3n) is 14.0. The average Bonchev–Trinajstić information content (AvgIpc) is 3.85. The Morgan fingerprint density at radius 2 is 1.61 bits per heavy atom. The van der Waals surface area contributed by atoms with E-state index in [9.17, 15) is 47.4 Å². The normalized spacial score (nSPS) is 23.3. The Morgan fingerprint density at radius 1 is 0.900 bits per heavy atom. The van der Waals surface area contributed by atoms with Crippen molar-refractivity contribution in [1.29, 1.82) is 0 Å². The van der Waals surface area contributed by atoms with Gasteiger partial charge in [0.15, 0.2) is 0 Å². The molecular weight excluding hydrogens is 923 g/mol. The summed E-state index contributed by atoms with van der Waals surface area (Å²) in [5.74, 6) is -3.25. The monoisotopic (exact) mass is 986 g/mol. The molecule has 0 spiro atoms. The third kappa shape index (κ3) is 12.3. The quantitative estimate of drug-likeness (QED) is 0.109. The van der Waals surface area contributed by atoms with E-state index in [1.54, 1.807) is 57.0 Å². The van der Waals surface area contributed by atoms with Crippen LogP contribution in [0.1, 0.15) is 115 Å². The van der Waals surface area contributed by atoms with Gasteiger partial charge in [0.2, 0.25) is 41.4 Å². The van der Waals surface area contributed by atoms with Crippen LogP contribution in [0, 0.1) is 11.8 Å². The number of rotatable bonds is 15. The summed E-state index contributed by atoms with van der Waals surface area (Å²) in [6.07, 6.45) is 4.91. The molecule has 1 saturated carbocycles. The summed E-state index contributed by atoms with van der Waals surface area (Å²) in [6.45, 7) is 5.30. The van der Waals surface area contributed by atoms with E-state index in [1.807, 2.05) is 18.2 Å². The van der Waals surface area contributed by atoms with Gasteiger partial charge >= 0.3 is 23.4 Å². The zero-order valence-corrected chi connectivity index (χ0v) is 41.0. The Kier molecular flexibility index (Phi) is 16.2. The molecule has 2 aromatic carbocycles. The van der Waals surface area contributed by atoms with Crippen LogP contribution in [-0.2, 0) is 74.2 Å². The summed E-state index contributed by atoms with van der Waals surface area (Å²) < 4.78 is 19.7. The fraction of sp³-hybridized carbons (Fsp3) is 0.571. The van der Waals surface area contributed by atoms with Gasteiger partial charge in [-0.05, 0) is 121 Å². The number of alkyl carbamates (subject to hydrolysis) is 1. The van der Waals surface area contributed by atoms with Crippen molar-refractivity contribution in [3.63, 3.8) is 0 Å². The smallest absolute Gasteiger partial charge is 0.444 e. The van der Waals surface area contributed by atoms with Crippen LogP contribution in [0.15, 0.2) is 52.2 Å². The number of imide groups is 1. The summed E-state index contributed by atoms with van der Waals surface area (Å²) in [6, 6.07) is 7.81. The number of nitrogens with two attached hydrogens (primary N) is 1. The van der Waals surface area contributed by atoms with E-state index in [1.165, 1.54) is 14.0 Å². The summed E-state index contributed by atoms with van der Waals surface area (Å²) in [5.41, 5.74) is 7.29. The molecule has 6 N–H and O–H groups in total. The molecule has 5 atom stereocenters. The summed E-state index contributed by atoms with van der Waals surface area (Å²) in [5, 5.41) is 10.6. The predicted octanol–water partition coefficient (Wildman–Crippen LogP) is 2.40. The molecule has 1 unspecified atom stereocenters. The van der Waals surface area contributed by atoms with E-state index in [-0.39, 0.29) is 75.2 Å². The van der Waals surface area contributed by atoms with Gasteiger partial charge in [0.25, 0.3) is 4.90 Å². The Morgan fingerprint density at radius 3 is 2.29 bits per heavy atom. The van der Waals surface area contributed by atoms with Crippen LogP contribution < -0.4 is 32.7 Å². The van der Waals surface area contributed by atoms with Crippen LogP contribution in [-0.4, -0.2) is 109 Å². The lowest BCUT2D eigenvalue weighted by molar-refractivity contribution is -0.147. The largest absolute Gasteiger partial charge is 0.505 e. The van der Waals surface area contributed by atoms with E-state index in [2.05, 4.69) is 21.3 Å². The number of aryl methyl sites for hydroxylation is 2. The van der Waals surface area contributed by atoms with Crippen molar-refractivity contribution in [2.75, 3.05) is 13.1 Å². The second-order valence-corrected chi connectivity index (χ2v) is 20.7. The van der Waals surface area contributed by atoms with Crippen LogP contribution in [0.3, 0.4) is 0 Å². The first-order chi connectivity index (χ1) is 33.3. The zero-order valence-electron chi connectivity index (χ0n) is 40.2. The highest BCUT2D eigenvalue weighted by Gasteiger charge is 2.47. The van der Waals surface area contributed by atoms with Crippen molar-refractivity contribution < 1.29 is 47.3 Å². The van der Waals surface area contributed by atoms with Crippen molar-refractivity contribution in [3.8, 4) is 0 Å². The van der Waals surface area contributed by atoms with Gasteiger partial charge < -0.3 is 36.2 Å². The van der Waals surface area contributed by atoms with E-state index < -0.39 is 71.4 Å². The number of carbonyl (C=O) groups excluding carboxylic acids is 8. The Labute approximate surface area is 409 Å². The minimum Gasteiger partial charge on any atom is -0.444 e. The highest BCUT2D eigenvalue weighted by Crippen LogP contribution is 2.35. The molecule has 3 aromatic rings. The van der Waals surface area contributed by atoms with Gasteiger partial charge in [-0.2, -0.15) is 0 Å². The van der Waals surface area contributed by atoms with Crippen LogP contribution in [0.2, 0.25) is 0 Å². The van der Waals surface area contributed by atoms with E-state index >= 15 is 0 Å². The SMILES string of the molecule is Cn1c(=O)n(C2CCC(=O)NC2=O)c2ccc(CCC3CCC(C(=O)N4CC[C@H]5CC[C@@H](C(=O)N[C@@H](CCC(N)=O)C(=O)NCc6ccc([S+]=O)cc6)N5C(=O)[C@@H](NC(=O)OC(C)(C)C)C4)CC3)cc21. The minimum absolute atomic E-state index is 0.0885. The molecule has 7 rings (SSSR count). The molecule has 4 fully saturated rings. The fourth-order valence-electron chi connectivity index (χ4n) is 10.3. The van der Waals surface area contributed by atoms with Crippen molar-refractivity contribution in [3.05, 3.63) is 64.1 Å². The lowest BCUT2D eigenvalue weighted by Crippen LogP contribution is -2.62. The molecule has 0 bridgehead atoms. The van der Waals surface area contributed by atoms with Crippen LogP contribution in [0.25, 0.3) is 11.0 Å². The van der Waals surface area contributed by atoms with E-state index in [4.69, 9.17) is 10.5 Å². The van der Waals surface area contributed by atoms with Crippen LogP contribution in [0.4, 0.5) is 4.79 Å². The lowest BCUT2D eigenvalue weighted by atomic mass is 9.79. The van der Waals surface area contributed by atoms with Crippen molar-refractivity contribution in [1.82, 2.24) is 40.2 Å². The Hall–Kier alpha value is -6.51. The number of hydrogen-bond acceptors (Lipinski definition) is 11. The highest BCUT2D eigenvalue weighted by molar-refractivity contribution is 7.65. The molecule has 70 heavy (non-hydrogen) atoms. The summed E-state index contributed by atoms with van der Waals surface area (Å²) >= 11 is 0.343. The number of imidazole rings is 1. The topological polar surface area (TPSA) is 270 Å². The first-order valence-electron chi connectivity index (χ1n) is 24.2. The molecule has 21 heteroatoms. The van der Waals surface area contributed by atoms with E-state index in [0.717, 1.165) is 31.2 Å². The number of nitrogens with one attached hydrogen (secondary N) is 4. The maximum absolute atomic E-state index is 14.6. The maximum atomic E-state index is 14.6. The standard InChI is InChI=1S/C49H63N9O11S/c1-49(2,3)69-47(66)53-35-27-56(24-23-32-14-19-37(57(32)46(35)65)43(62)52-34(17-21-40(50)59)42(61)51-26-30-9-15-33(70-68)16-10-30)45(64)31-12-7-28(8-13-31)5-6-29-11-18-36-39(25-29)55(4)48(67)58(36)38-20-22-41(60)54-44(38)63/h9-11,15-16,18,25,28,31-32,34-35,37-38H,5-8,12-14,17,19-24,26-27H2,1-4H3,(H5-,50,51,52,53,54,59,60,61,62,63,66)/p+1/t28?,31?,32-,34+,35+,37+,38?/m1/s1. The molecule has 4 aliphatic rings. The number of ether oxygens (including phenoxy) is 1. The Bertz CT molecular complexity index is 2580. The number of carbonyl (C=O) groups is 8. The first kappa shape index (κ1) is 51.3. The number of aromatic nitrogens is 2. The number of hydrogen-bond donors (Lipinski definition) is 5. The molecule has 1 aliphatic carbocycles. The van der Waals surface area contributed by atoms with Gasteiger partial charge in [-0.15, -0.1) is 0 Å². The van der Waals surface area contributed by atoms with Crippen molar-refractivity contribution in [2.24, 2.45) is 24.6 Å². The second kappa shape index (κ2) is 22.1. The molecule has 3 aliphatic heterocycles. The summed E-state index contributed by atoms with van der Waals surface area (Å²) in [4.78, 5) is 123. The molecule has 8 amide bonds. The molecule has 376 valence electrons. The van der Waals surface area contributed by atoms with Crippen LogP contribution in [0.5, 0.6) is 0 Å². The lowest BCUT2D eigenvalue weighted by Gasteiger charge is -2.40. The number of piperidine rings is 1. The van der Waals surface area contributed by atoms with Gasteiger partial charge in [-0.25, -0.2) is 9.59 Å². The van der Waals surface area contributed by atoms with Gasteiger partial charge in [-0.1, -0.05) is 18.2 Å². The molecule has 20 nitrogen and oxygen atoms in total. The van der Waals surface area contributed by atoms with Gasteiger partial charge in [0.1, 0.15) is 29.8 Å². The van der Waals surface area contributed by atoms with Gasteiger partial charge in [0, 0.05) is 61.3 Å². The van der Waals surface area contributed by atoms with E-state index in [0.29, 0.717) is 64.8 Å². The molecule has 4 heterocycles. The minimum atomic E-state index is -1.25. The highest BCUT2D eigenvalue weighted by atomic mass is 32.1. The number of primary amides is 1. The van der Waals surface area contributed by atoms with Crippen molar-refractivity contribution >= 4 is 70.1 Å². The van der Waals surface area contributed by atoms with Gasteiger partial charge in [-0.3, -0.25) is 48.0 Å². The second-order valence-electron chi connectivity index (χ2n) is 20.0. The fourth-order valence-corrected chi connectivity index (χ4v) is 10.6. The zero-order chi connectivity index (χ0) is 50.4. The maximum Gasteiger partial charge on any atom is 0.505 e. The number of fused-ring (bicyclic) bond motifs is 2. The molecular formula is C49H64N9O11S+. The van der Waals surface area contributed by atoms with Crippen molar-refractivity contribution in [2.45, 2.75) is 151 Å². The number of nitrogens with zero attached hydrogens (tertiary/aromatic N) is 4. The third-order valence-corrected chi connectivity index (χ3v) is 14.5. The number of amides is 8. The predicted molar refractivity (Wildman–Crippen MR) is 255 cm³/mol. The van der Waals surface area contributed by atoms with Crippen LogP contribution >= 0.6 is 0 Å².